The normalized spacial score (nSPS) is 16.6. The SMILES string of the molecule is c1ccc2ncc(N3CCCCC3)cc2c1. The lowest BCUT2D eigenvalue weighted by molar-refractivity contribution is 0.577. The number of aromatic nitrogens is 1. The zero-order valence-corrected chi connectivity index (χ0v) is 9.39. The molecular weight excluding hydrogens is 196 g/mol. The minimum atomic E-state index is 1.09. The molecule has 82 valence electrons. The number of rotatable bonds is 1. The van der Waals surface area contributed by atoms with Gasteiger partial charge in [-0.2, -0.15) is 0 Å². The number of hydrogen-bond acceptors (Lipinski definition) is 2. The van der Waals surface area contributed by atoms with E-state index in [1.807, 2.05) is 12.3 Å². The van der Waals surface area contributed by atoms with Crippen molar-refractivity contribution in [2.45, 2.75) is 19.3 Å². The molecule has 0 bridgehead atoms. The fourth-order valence-corrected chi connectivity index (χ4v) is 2.38. The Kier molecular flexibility index (Phi) is 2.49. The maximum Gasteiger partial charge on any atom is 0.0703 e. The Labute approximate surface area is 95.9 Å². The van der Waals surface area contributed by atoms with Crippen LogP contribution in [0.3, 0.4) is 0 Å². The van der Waals surface area contributed by atoms with Gasteiger partial charge < -0.3 is 4.90 Å². The van der Waals surface area contributed by atoms with Gasteiger partial charge in [0, 0.05) is 18.5 Å². The van der Waals surface area contributed by atoms with Gasteiger partial charge in [0.1, 0.15) is 0 Å². The van der Waals surface area contributed by atoms with E-state index in [2.05, 4.69) is 34.1 Å². The number of benzene rings is 1. The van der Waals surface area contributed by atoms with E-state index < -0.39 is 0 Å². The molecule has 1 aromatic heterocycles. The molecule has 0 unspecified atom stereocenters. The van der Waals surface area contributed by atoms with Crippen molar-refractivity contribution in [2.24, 2.45) is 0 Å². The predicted molar refractivity (Wildman–Crippen MR) is 67.8 cm³/mol. The minimum absolute atomic E-state index is 1.09. The van der Waals surface area contributed by atoms with Crippen molar-refractivity contribution in [2.75, 3.05) is 18.0 Å². The van der Waals surface area contributed by atoms with E-state index in [9.17, 15) is 0 Å². The van der Waals surface area contributed by atoms with Crippen LogP contribution in [0.1, 0.15) is 19.3 Å². The quantitative estimate of drug-likeness (QED) is 0.721. The number of para-hydroxylation sites is 1. The van der Waals surface area contributed by atoms with Crippen molar-refractivity contribution < 1.29 is 0 Å². The van der Waals surface area contributed by atoms with Crippen LogP contribution in [0.25, 0.3) is 10.9 Å². The predicted octanol–water partition coefficient (Wildman–Crippen LogP) is 3.23. The lowest BCUT2D eigenvalue weighted by Gasteiger charge is -2.28. The van der Waals surface area contributed by atoms with Gasteiger partial charge in [-0.25, -0.2) is 0 Å². The molecule has 3 rings (SSSR count). The number of piperidine rings is 1. The second-order valence-electron chi connectivity index (χ2n) is 4.43. The molecule has 0 atom stereocenters. The molecule has 2 heteroatoms. The first kappa shape index (κ1) is 9.64. The zero-order chi connectivity index (χ0) is 10.8. The third-order valence-corrected chi connectivity index (χ3v) is 3.30. The highest BCUT2D eigenvalue weighted by molar-refractivity contribution is 5.81. The molecule has 0 amide bonds. The van der Waals surface area contributed by atoms with Crippen LogP contribution in [0.15, 0.2) is 36.5 Å². The summed E-state index contributed by atoms with van der Waals surface area (Å²) in [4.78, 5) is 6.96. The van der Waals surface area contributed by atoms with Gasteiger partial charge in [0.05, 0.1) is 17.4 Å². The number of hydrogen-bond donors (Lipinski definition) is 0. The van der Waals surface area contributed by atoms with E-state index in [0.29, 0.717) is 0 Å². The topological polar surface area (TPSA) is 16.1 Å². The molecule has 2 nitrogen and oxygen atoms in total. The van der Waals surface area contributed by atoms with E-state index >= 15 is 0 Å². The maximum absolute atomic E-state index is 4.51. The van der Waals surface area contributed by atoms with Gasteiger partial charge in [-0.3, -0.25) is 4.98 Å². The maximum atomic E-state index is 4.51. The standard InChI is InChI=1S/C14H16N2/c1-4-8-16(9-5-1)13-10-12-6-2-3-7-14(12)15-11-13/h2-3,6-7,10-11H,1,4-5,8-9H2. The van der Waals surface area contributed by atoms with Crippen LogP contribution in [0.4, 0.5) is 5.69 Å². The molecule has 0 aliphatic carbocycles. The third-order valence-electron chi connectivity index (χ3n) is 3.30. The average molecular weight is 212 g/mol. The number of anilines is 1. The Morgan fingerprint density at radius 3 is 2.69 bits per heavy atom. The van der Waals surface area contributed by atoms with Gasteiger partial charge in [0.15, 0.2) is 0 Å². The monoisotopic (exact) mass is 212 g/mol. The largest absolute Gasteiger partial charge is 0.370 e. The highest BCUT2D eigenvalue weighted by Gasteiger charge is 2.11. The van der Waals surface area contributed by atoms with Crippen molar-refractivity contribution in [1.29, 1.82) is 0 Å². The Balaban J connectivity index is 1.97. The second-order valence-corrected chi connectivity index (χ2v) is 4.43. The van der Waals surface area contributed by atoms with Crippen LogP contribution in [-0.2, 0) is 0 Å². The first-order chi connectivity index (χ1) is 7.93. The van der Waals surface area contributed by atoms with Crippen molar-refractivity contribution in [3.63, 3.8) is 0 Å². The Morgan fingerprint density at radius 1 is 1.00 bits per heavy atom. The molecule has 1 aromatic carbocycles. The number of fused-ring (bicyclic) bond motifs is 1. The molecule has 1 saturated heterocycles. The van der Waals surface area contributed by atoms with E-state index in [-0.39, 0.29) is 0 Å². The number of nitrogens with zero attached hydrogens (tertiary/aromatic N) is 2. The average Bonchev–Trinajstić information content (AvgIpc) is 2.39. The Hall–Kier alpha value is -1.57. The van der Waals surface area contributed by atoms with Crippen LogP contribution in [0, 0.1) is 0 Å². The molecule has 16 heavy (non-hydrogen) atoms. The highest BCUT2D eigenvalue weighted by Crippen LogP contribution is 2.22. The van der Waals surface area contributed by atoms with E-state index in [4.69, 9.17) is 0 Å². The van der Waals surface area contributed by atoms with Crippen molar-refractivity contribution >= 4 is 16.6 Å². The molecule has 0 spiro atoms. The van der Waals surface area contributed by atoms with Crippen LogP contribution < -0.4 is 4.90 Å². The summed E-state index contributed by atoms with van der Waals surface area (Å²) < 4.78 is 0. The van der Waals surface area contributed by atoms with Gasteiger partial charge in [-0.15, -0.1) is 0 Å². The third kappa shape index (κ3) is 1.75. The minimum Gasteiger partial charge on any atom is -0.370 e. The van der Waals surface area contributed by atoms with Crippen LogP contribution in [0.2, 0.25) is 0 Å². The van der Waals surface area contributed by atoms with Crippen molar-refractivity contribution in [3.05, 3.63) is 36.5 Å². The zero-order valence-electron chi connectivity index (χ0n) is 9.39. The molecule has 2 aromatic rings. The molecular formula is C14H16N2. The lowest BCUT2D eigenvalue weighted by Crippen LogP contribution is -2.29. The van der Waals surface area contributed by atoms with E-state index in [1.54, 1.807) is 0 Å². The summed E-state index contributed by atoms with van der Waals surface area (Å²) in [5, 5.41) is 1.24. The van der Waals surface area contributed by atoms with Gasteiger partial charge in [-0.1, -0.05) is 18.2 Å². The van der Waals surface area contributed by atoms with Crippen LogP contribution in [-0.4, -0.2) is 18.1 Å². The van der Waals surface area contributed by atoms with Crippen LogP contribution in [0.5, 0.6) is 0 Å². The highest BCUT2D eigenvalue weighted by atomic mass is 15.1. The van der Waals surface area contributed by atoms with Gasteiger partial charge in [-0.05, 0) is 31.4 Å². The lowest BCUT2D eigenvalue weighted by atomic mass is 10.1. The fraction of sp³-hybridized carbons (Fsp3) is 0.357. The summed E-state index contributed by atoms with van der Waals surface area (Å²) in [5.41, 5.74) is 2.36. The molecule has 0 N–H and O–H groups in total. The van der Waals surface area contributed by atoms with E-state index in [1.165, 1.54) is 43.4 Å². The molecule has 0 saturated carbocycles. The summed E-state index contributed by atoms with van der Waals surface area (Å²) in [6.07, 6.45) is 6.00. The van der Waals surface area contributed by atoms with Crippen molar-refractivity contribution in [1.82, 2.24) is 4.98 Å². The summed E-state index contributed by atoms with van der Waals surface area (Å²) in [7, 11) is 0. The molecule has 0 radical (unpaired) electrons. The van der Waals surface area contributed by atoms with Gasteiger partial charge >= 0.3 is 0 Å². The Morgan fingerprint density at radius 2 is 1.81 bits per heavy atom. The van der Waals surface area contributed by atoms with E-state index in [0.717, 1.165) is 5.52 Å². The summed E-state index contributed by atoms with van der Waals surface area (Å²) in [5.74, 6) is 0. The summed E-state index contributed by atoms with van der Waals surface area (Å²) in [6.45, 7) is 2.36. The Bertz CT molecular complexity index is 487. The van der Waals surface area contributed by atoms with Crippen molar-refractivity contribution in [3.8, 4) is 0 Å². The molecule has 1 aliphatic heterocycles. The first-order valence-electron chi connectivity index (χ1n) is 6.03. The first-order valence-corrected chi connectivity index (χ1v) is 6.03. The summed E-state index contributed by atoms with van der Waals surface area (Å²) in [6, 6.07) is 10.6. The molecule has 2 heterocycles. The smallest absolute Gasteiger partial charge is 0.0703 e. The number of pyridine rings is 1. The summed E-state index contributed by atoms with van der Waals surface area (Å²) >= 11 is 0. The molecule has 1 aliphatic rings. The fourth-order valence-electron chi connectivity index (χ4n) is 2.38. The van der Waals surface area contributed by atoms with Gasteiger partial charge in [0.2, 0.25) is 0 Å². The molecule has 1 fully saturated rings. The van der Waals surface area contributed by atoms with Crippen LogP contribution >= 0.6 is 0 Å². The second kappa shape index (κ2) is 4.12. The van der Waals surface area contributed by atoms with Gasteiger partial charge in [0.25, 0.3) is 0 Å².